The van der Waals surface area contributed by atoms with Gasteiger partial charge in [0.25, 0.3) is 0 Å². The maximum atomic E-state index is 11.4. The van der Waals surface area contributed by atoms with E-state index < -0.39 is 0 Å². The van der Waals surface area contributed by atoms with Crippen molar-refractivity contribution >= 4 is 5.97 Å². The smallest absolute Gasteiger partial charge is 0.337 e. The molecule has 0 spiro atoms. The number of hydrogen-bond acceptors (Lipinski definition) is 3. The molecule has 0 aromatic carbocycles. The maximum Gasteiger partial charge on any atom is 0.337 e. The van der Waals surface area contributed by atoms with Gasteiger partial charge in [0, 0.05) is 6.42 Å². The fourth-order valence-electron chi connectivity index (χ4n) is 2.19. The molecule has 0 unspecified atom stereocenters. The van der Waals surface area contributed by atoms with Crippen molar-refractivity contribution in [2.45, 2.75) is 32.1 Å². The molecule has 72 valence electrons. The fourth-order valence-corrected chi connectivity index (χ4v) is 2.19. The predicted octanol–water partition coefficient (Wildman–Crippen LogP) is 1.94. The first-order valence-electron chi connectivity index (χ1n) is 4.88. The zero-order valence-electron chi connectivity index (χ0n) is 7.58. The summed E-state index contributed by atoms with van der Waals surface area (Å²) >= 11 is 0. The quantitative estimate of drug-likeness (QED) is 0.630. The molecule has 0 atom stereocenters. The third-order valence-corrected chi connectivity index (χ3v) is 2.87. The van der Waals surface area contributed by atoms with Crippen LogP contribution in [-0.4, -0.2) is 17.7 Å². The molecule has 0 bridgehead atoms. The van der Waals surface area contributed by atoms with Crippen LogP contribution in [0.15, 0.2) is 11.3 Å². The second-order valence-corrected chi connectivity index (χ2v) is 3.73. The minimum Gasteiger partial charge on any atom is -0.512 e. The van der Waals surface area contributed by atoms with Crippen LogP contribution in [0.2, 0.25) is 0 Å². The molecule has 2 rings (SSSR count). The average molecular weight is 182 g/mol. The lowest BCUT2D eigenvalue weighted by atomic mass is 9.94. The Labute approximate surface area is 77.4 Å². The summed E-state index contributed by atoms with van der Waals surface area (Å²) in [6, 6.07) is 0. The summed E-state index contributed by atoms with van der Waals surface area (Å²) in [4.78, 5) is 11.4. The van der Waals surface area contributed by atoms with Crippen LogP contribution in [0.5, 0.6) is 0 Å². The van der Waals surface area contributed by atoms with Gasteiger partial charge in [-0.25, -0.2) is 4.79 Å². The van der Waals surface area contributed by atoms with Crippen LogP contribution in [0.1, 0.15) is 32.1 Å². The number of aliphatic hydroxyl groups excluding tert-OH is 1. The van der Waals surface area contributed by atoms with Crippen LogP contribution in [-0.2, 0) is 9.53 Å². The molecule has 0 radical (unpaired) electrons. The van der Waals surface area contributed by atoms with Crippen LogP contribution < -0.4 is 0 Å². The largest absolute Gasteiger partial charge is 0.512 e. The summed E-state index contributed by atoms with van der Waals surface area (Å²) in [6.45, 7) is 0.334. The molecule has 2 aliphatic rings. The number of carbonyl (C=O) groups is 1. The van der Waals surface area contributed by atoms with Crippen LogP contribution in [0.25, 0.3) is 0 Å². The highest BCUT2D eigenvalue weighted by Crippen LogP contribution is 2.34. The molecule has 0 amide bonds. The van der Waals surface area contributed by atoms with E-state index in [1.54, 1.807) is 0 Å². The van der Waals surface area contributed by atoms with Gasteiger partial charge in [-0.15, -0.1) is 0 Å². The minimum absolute atomic E-state index is 0.257. The van der Waals surface area contributed by atoms with Gasteiger partial charge in [0.1, 0.15) is 5.76 Å². The van der Waals surface area contributed by atoms with E-state index in [1.165, 1.54) is 0 Å². The zero-order chi connectivity index (χ0) is 9.26. The summed E-state index contributed by atoms with van der Waals surface area (Å²) in [5, 5.41) is 9.58. The molecule has 3 nitrogen and oxygen atoms in total. The molecule has 0 saturated heterocycles. The molecular weight excluding hydrogens is 168 g/mol. The van der Waals surface area contributed by atoms with Gasteiger partial charge < -0.3 is 9.84 Å². The highest BCUT2D eigenvalue weighted by molar-refractivity contribution is 5.90. The third-order valence-electron chi connectivity index (χ3n) is 2.87. The van der Waals surface area contributed by atoms with E-state index in [4.69, 9.17) is 4.74 Å². The van der Waals surface area contributed by atoms with E-state index in [-0.39, 0.29) is 17.6 Å². The van der Waals surface area contributed by atoms with Crippen molar-refractivity contribution in [2.75, 3.05) is 6.61 Å². The predicted molar refractivity (Wildman–Crippen MR) is 47.2 cm³/mol. The number of carbonyl (C=O) groups excluding carboxylic acids is 1. The minimum atomic E-state index is -0.296. The Balaban J connectivity index is 2.21. The van der Waals surface area contributed by atoms with Gasteiger partial charge in [0.05, 0.1) is 12.2 Å². The average Bonchev–Trinajstić information content (AvgIpc) is 2.57. The first kappa shape index (κ1) is 8.60. The Kier molecular flexibility index (Phi) is 2.25. The van der Waals surface area contributed by atoms with Gasteiger partial charge in [-0.1, -0.05) is 12.8 Å². The van der Waals surface area contributed by atoms with E-state index in [0.717, 1.165) is 25.7 Å². The molecule has 1 N–H and O–H groups in total. The Morgan fingerprint density at radius 2 is 2.00 bits per heavy atom. The van der Waals surface area contributed by atoms with E-state index in [2.05, 4.69) is 0 Å². The Bertz CT molecular complexity index is 249. The lowest BCUT2D eigenvalue weighted by Gasteiger charge is -2.19. The molecule has 13 heavy (non-hydrogen) atoms. The molecule has 1 fully saturated rings. The molecule has 0 aromatic heterocycles. The molecule has 1 aliphatic carbocycles. The SMILES string of the molecule is O=C1OCCC(O)=C1C1CCCC1. The number of esters is 1. The van der Waals surface area contributed by atoms with Crippen molar-refractivity contribution in [1.29, 1.82) is 0 Å². The maximum absolute atomic E-state index is 11.4. The summed E-state index contributed by atoms with van der Waals surface area (Å²) in [5.41, 5.74) is 0.559. The van der Waals surface area contributed by atoms with Gasteiger partial charge in [0.2, 0.25) is 0 Å². The topological polar surface area (TPSA) is 46.5 Å². The number of ether oxygens (including phenoxy) is 1. The lowest BCUT2D eigenvalue weighted by molar-refractivity contribution is -0.141. The van der Waals surface area contributed by atoms with Crippen molar-refractivity contribution in [1.82, 2.24) is 0 Å². The van der Waals surface area contributed by atoms with E-state index >= 15 is 0 Å². The Morgan fingerprint density at radius 3 is 2.62 bits per heavy atom. The highest BCUT2D eigenvalue weighted by Gasteiger charge is 2.31. The van der Waals surface area contributed by atoms with Gasteiger partial charge >= 0.3 is 5.97 Å². The summed E-state index contributed by atoms with van der Waals surface area (Å²) in [6.07, 6.45) is 4.87. The second-order valence-electron chi connectivity index (χ2n) is 3.73. The van der Waals surface area contributed by atoms with Gasteiger partial charge in [-0.3, -0.25) is 0 Å². The van der Waals surface area contributed by atoms with Crippen LogP contribution in [0.4, 0.5) is 0 Å². The molecular formula is C10H14O3. The van der Waals surface area contributed by atoms with Gasteiger partial charge in [0.15, 0.2) is 0 Å². The fraction of sp³-hybridized carbons (Fsp3) is 0.700. The summed E-state index contributed by atoms with van der Waals surface area (Å²) in [5.74, 6) is 0.228. The zero-order valence-corrected chi connectivity index (χ0v) is 7.58. The third kappa shape index (κ3) is 1.55. The molecule has 0 aromatic rings. The van der Waals surface area contributed by atoms with Crippen LogP contribution >= 0.6 is 0 Å². The van der Waals surface area contributed by atoms with Crippen LogP contribution in [0.3, 0.4) is 0 Å². The van der Waals surface area contributed by atoms with Gasteiger partial charge in [-0.05, 0) is 18.8 Å². The summed E-state index contributed by atoms with van der Waals surface area (Å²) in [7, 11) is 0. The molecule has 1 aliphatic heterocycles. The first-order chi connectivity index (χ1) is 6.29. The number of aliphatic hydroxyl groups is 1. The van der Waals surface area contributed by atoms with Gasteiger partial charge in [-0.2, -0.15) is 0 Å². The number of cyclic esters (lactones) is 1. The Morgan fingerprint density at radius 1 is 1.31 bits per heavy atom. The molecule has 1 saturated carbocycles. The second kappa shape index (κ2) is 3.40. The first-order valence-corrected chi connectivity index (χ1v) is 4.88. The normalized spacial score (nSPS) is 25.1. The monoisotopic (exact) mass is 182 g/mol. The van der Waals surface area contributed by atoms with E-state index in [1.807, 2.05) is 0 Å². The van der Waals surface area contributed by atoms with E-state index in [0.29, 0.717) is 18.6 Å². The number of rotatable bonds is 1. The number of hydrogen-bond donors (Lipinski definition) is 1. The standard InChI is InChI=1S/C10H14O3/c11-8-5-6-13-10(12)9(8)7-3-1-2-4-7/h7,11H,1-6H2. The Hall–Kier alpha value is -0.990. The van der Waals surface area contributed by atoms with Crippen molar-refractivity contribution in [3.05, 3.63) is 11.3 Å². The van der Waals surface area contributed by atoms with Crippen molar-refractivity contribution in [3.63, 3.8) is 0 Å². The van der Waals surface area contributed by atoms with Crippen LogP contribution in [0, 0.1) is 5.92 Å². The lowest BCUT2D eigenvalue weighted by Crippen LogP contribution is -2.22. The summed E-state index contributed by atoms with van der Waals surface area (Å²) < 4.78 is 4.92. The molecule has 3 heteroatoms. The van der Waals surface area contributed by atoms with Crippen molar-refractivity contribution in [2.24, 2.45) is 5.92 Å². The van der Waals surface area contributed by atoms with Crippen molar-refractivity contribution in [3.8, 4) is 0 Å². The molecule has 1 heterocycles. The van der Waals surface area contributed by atoms with Crippen molar-refractivity contribution < 1.29 is 14.6 Å². The van der Waals surface area contributed by atoms with E-state index in [9.17, 15) is 9.90 Å². The highest BCUT2D eigenvalue weighted by atomic mass is 16.5.